The molecule has 0 aromatic heterocycles. The largest absolute Gasteiger partial charge is 0.496 e. The molecule has 0 amide bonds. The third-order valence-electron chi connectivity index (χ3n) is 2.79. The minimum absolute atomic E-state index is 0.411. The van der Waals surface area contributed by atoms with E-state index in [1.54, 1.807) is 0 Å². The molecule has 0 aliphatic carbocycles. The van der Waals surface area contributed by atoms with E-state index in [9.17, 15) is 8.78 Å². The van der Waals surface area contributed by atoms with Crippen LogP contribution in [-0.4, -0.2) is 6.61 Å². The molecule has 0 rings (SSSR count). The summed E-state index contributed by atoms with van der Waals surface area (Å²) in [5.74, 6) is 0. The Kier molecular flexibility index (Phi) is 13.0. The normalized spacial score (nSPS) is 10.3. The third-order valence-corrected chi connectivity index (χ3v) is 2.79. The highest BCUT2D eigenvalue weighted by Crippen LogP contribution is 2.10. The van der Waals surface area contributed by atoms with E-state index in [1.165, 1.54) is 51.4 Å². The molecule has 0 aromatic rings. The number of unbranched alkanes of at least 4 members (excludes halogenated alkanes) is 9. The van der Waals surface area contributed by atoms with E-state index < -0.39 is 6.08 Å². The van der Waals surface area contributed by atoms with Crippen molar-refractivity contribution < 1.29 is 13.5 Å². The van der Waals surface area contributed by atoms with Crippen LogP contribution in [0.3, 0.4) is 0 Å². The minimum Gasteiger partial charge on any atom is -0.496 e. The lowest BCUT2D eigenvalue weighted by molar-refractivity contribution is 0.217. The summed E-state index contributed by atoms with van der Waals surface area (Å²) in [5, 5.41) is 0. The van der Waals surface area contributed by atoms with Gasteiger partial charge in [0, 0.05) is 0 Å². The standard InChI is InChI=1S/C14H26F2O/c1-2-3-4-5-6-7-8-9-10-11-12-17-13-14(15)16/h13H,2-12H2,1H3. The van der Waals surface area contributed by atoms with E-state index >= 15 is 0 Å². The van der Waals surface area contributed by atoms with Crippen LogP contribution in [-0.2, 0) is 4.74 Å². The highest BCUT2D eigenvalue weighted by molar-refractivity contribution is 4.69. The molecule has 17 heavy (non-hydrogen) atoms. The first-order valence-electron chi connectivity index (χ1n) is 6.90. The molecule has 102 valence electrons. The van der Waals surface area contributed by atoms with Crippen molar-refractivity contribution in [3.05, 3.63) is 12.3 Å². The zero-order chi connectivity index (χ0) is 12.8. The van der Waals surface area contributed by atoms with Gasteiger partial charge in [0.15, 0.2) is 0 Å². The van der Waals surface area contributed by atoms with Crippen molar-refractivity contribution in [3.63, 3.8) is 0 Å². The number of halogens is 2. The van der Waals surface area contributed by atoms with Gasteiger partial charge in [-0.25, -0.2) is 0 Å². The van der Waals surface area contributed by atoms with Gasteiger partial charge >= 0.3 is 6.08 Å². The van der Waals surface area contributed by atoms with E-state index in [0.29, 0.717) is 12.9 Å². The molecule has 0 saturated carbocycles. The lowest BCUT2D eigenvalue weighted by Gasteiger charge is -2.02. The lowest BCUT2D eigenvalue weighted by Crippen LogP contribution is -1.88. The summed E-state index contributed by atoms with van der Waals surface area (Å²) in [6.07, 6.45) is 11.2. The van der Waals surface area contributed by atoms with Crippen molar-refractivity contribution in [2.75, 3.05) is 6.61 Å². The van der Waals surface area contributed by atoms with E-state index in [-0.39, 0.29) is 0 Å². The molecule has 0 N–H and O–H groups in total. The first-order chi connectivity index (χ1) is 8.27. The Labute approximate surface area is 104 Å². The molecule has 0 aromatic carbocycles. The second-order valence-corrected chi connectivity index (χ2v) is 4.46. The zero-order valence-electron chi connectivity index (χ0n) is 11.0. The average Bonchev–Trinajstić information content (AvgIpc) is 2.30. The minimum atomic E-state index is -1.75. The highest BCUT2D eigenvalue weighted by Gasteiger charge is 1.93. The van der Waals surface area contributed by atoms with Crippen LogP contribution in [0.1, 0.15) is 71.1 Å². The van der Waals surface area contributed by atoms with Crippen molar-refractivity contribution in [2.24, 2.45) is 0 Å². The van der Waals surface area contributed by atoms with Gasteiger partial charge < -0.3 is 4.74 Å². The van der Waals surface area contributed by atoms with Crippen molar-refractivity contribution in [1.82, 2.24) is 0 Å². The summed E-state index contributed by atoms with van der Waals surface area (Å²) in [5.41, 5.74) is 0. The van der Waals surface area contributed by atoms with Gasteiger partial charge in [-0.3, -0.25) is 0 Å². The summed E-state index contributed by atoms with van der Waals surface area (Å²) in [4.78, 5) is 0. The molecular weight excluding hydrogens is 222 g/mol. The monoisotopic (exact) mass is 248 g/mol. The maximum Gasteiger partial charge on any atom is 0.304 e. The first kappa shape index (κ1) is 16.4. The topological polar surface area (TPSA) is 9.23 Å². The number of hydrogen-bond donors (Lipinski definition) is 0. The molecule has 1 nitrogen and oxygen atoms in total. The summed E-state index contributed by atoms with van der Waals surface area (Å²) >= 11 is 0. The van der Waals surface area contributed by atoms with Gasteiger partial charge in [-0.15, -0.1) is 0 Å². The molecular formula is C14H26F2O. The third kappa shape index (κ3) is 15.4. The van der Waals surface area contributed by atoms with Crippen LogP contribution < -0.4 is 0 Å². The molecule has 0 aliphatic heterocycles. The van der Waals surface area contributed by atoms with Gasteiger partial charge in [0.2, 0.25) is 0 Å². The number of hydrogen-bond acceptors (Lipinski definition) is 1. The predicted molar refractivity (Wildman–Crippen MR) is 68.1 cm³/mol. The van der Waals surface area contributed by atoms with Crippen LogP contribution >= 0.6 is 0 Å². The molecule has 0 heterocycles. The molecule has 0 aliphatic rings. The maximum absolute atomic E-state index is 11.6. The average molecular weight is 248 g/mol. The molecule has 0 unspecified atom stereocenters. The van der Waals surface area contributed by atoms with Crippen molar-refractivity contribution in [1.29, 1.82) is 0 Å². The Morgan fingerprint density at radius 1 is 0.824 bits per heavy atom. The van der Waals surface area contributed by atoms with Crippen LogP contribution in [0.15, 0.2) is 12.3 Å². The Bertz CT molecular complexity index is 177. The zero-order valence-corrected chi connectivity index (χ0v) is 11.0. The summed E-state index contributed by atoms with van der Waals surface area (Å²) in [6, 6.07) is 0. The van der Waals surface area contributed by atoms with Gasteiger partial charge in [0.05, 0.1) is 6.61 Å². The van der Waals surface area contributed by atoms with E-state index in [0.717, 1.165) is 12.8 Å². The number of ether oxygens (including phenoxy) is 1. The van der Waals surface area contributed by atoms with Gasteiger partial charge in [-0.05, 0) is 6.42 Å². The Balaban J connectivity index is 2.96. The fraction of sp³-hybridized carbons (Fsp3) is 0.857. The molecule has 0 atom stereocenters. The SMILES string of the molecule is CCCCCCCCCCCCOC=C(F)F. The van der Waals surface area contributed by atoms with Crippen molar-refractivity contribution >= 4 is 0 Å². The van der Waals surface area contributed by atoms with Gasteiger partial charge in [-0.2, -0.15) is 8.78 Å². The fourth-order valence-electron chi connectivity index (χ4n) is 1.79. The van der Waals surface area contributed by atoms with E-state index in [4.69, 9.17) is 0 Å². The summed E-state index contributed by atoms with van der Waals surface area (Å²) in [6.45, 7) is 2.64. The van der Waals surface area contributed by atoms with Crippen LogP contribution in [0.25, 0.3) is 0 Å². The molecule has 0 spiro atoms. The maximum atomic E-state index is 11.6. The molecule has 0 fully saturated rings. The van der Waals surface area contributed by atoms with Crippen molar-refractivity contribution in [3.8, 4) is 0 Å². The Morgan fingerprint density at radius 2 is 1.29 bits per heavy atom. The van der Waals surface area contributed by atoms with Crippen LogP contribution in [0.5, 0.6) is 0 Å². The molecule has 0 radical (unpaired) electrons. The summed E-state index contributed by atoms with van der Waals surface area (Å²) < 4.78 is 27.8. The second-order valence-electron chi connectivity index (χ2n) is 4.46. The first-order valence-corrected chi connectivity index (χ1v) is 6.90. The fourth-order valence-corrected chi connectivity index (χ4v) is 1.79. The predicted octanol–water partition coefficient (Wildman–Crippen LogP) is 5.66. The Morgan fingerprint density at radius 3 is 1.76 bits per heavy atom. The summed E-state index contributed by atoms with van der Waals surface area (Å²) in [7, 11) is 0. The second kappa shape index (κ2) is 13.5. The van der Waals surface area contributed by atoms with Crippen LogP contribution in [0.4, 0.5) is 8.78 Å². The molecule has 0 bridgehead atoms. The number of rotatable bonds is 12. The quantitative estimate of drug-likeness (QED) is 0.320. The van der Waals surface area contributed by atoms with Gasteiger partial charge in [-0.1, -0.05) is 64.7 Å². The lowest BCUT2D eigenvalue weighted by atomic mass is 10.1. The molecule has 0 saturated heterocycles. The smallest absolute Gasteiger partial charge is 0.304 e. The van der Waals surface area contributed by atoms with Crippen molar-refractivity contribution in [2.45, 2.75) is 71.1 Å². The van der Waals surface area contributed by atoms with Crippen LogP contribution in [0, 0.1) is 0 Å². The van der Waals surface area contributed by atoms with E-state index in [1.807, 2.05) is 0 Å². The van der Waals surface area contributed by atoms with Crippen LogP contribution in [0.2, 0.25) is 0 Å². The van der Waals surface area contributed by atoms with Gasteiger partial charge in [0.1, 0.15) is 6.26 Å². The Hall–Kier alpha value is -0.600. The molecule has 3 heteroatoms. The highest BCUT2D eigenvalue weighted by atomic mass is 19.3. The van der Waals surface area contributed by atoms with E-state index in [2.05, 4.69) is 11.7 Å². The van der Waals surface area contributed by atoms with Gasteiger partial charge in [0.25, 0.3) is 0 Å².